The molecule has 1 saturated carbocycles. The topological polar surface area (TPSA) is 57.0 Å². The molecule has 0 saturated heterocycles. The molecule has 6 rings (SSSR count). The summed E-state index contributed by atoms with van der Waals surface area (Å²) in [6, 6.07) is 19.0. The predicted molar refractivity (Wildman–Crippen MR) is 153 cm³/mol. The Morgan fingerprint density at radius 3 is 2.53 bits per heavy atom. The van der Waals surface area contributed by atoms with E-state index in [1.54, 1.807) is 13.0 Å². The second kappa shape index (κ2) is 11.5. The number of carbonyl (C=O) groups excluding carboxylic acids is 1. The van der Waals surface area contributed by atoms with E-state index >= 15 is 0 Å². The summed E-state index contributed by atoms with van der Waals surface area (Å²) in [5.41, 5.74) is 6.27. The molecule has 0 aliphatic heterocycles. The van der Waals surface area contributed by atoms with Crippen molar-refractivity contribution in [3.63, 3.8) is 0 Å². The average Bonchev–Trinajstić information content (AvgIpc) is 2.87. The molecule has 0 bridgehead atoms. The van der Waals surface area contributed by atoms with Gasteiger partial charge in [0.2, 0.25) is 0 Å². The van der Waals surface area contributed by atoms with Gasteiger partial charge in [-0.1, -0.05) is 87.6 Å². The number of hydrogen-bond acceptors (Lipinski definition) is 3. The number of benzene rings is 2. The van der Waals surface area contributed by atoms with Crippen molar-refractivity contribution in [1.29, 1.82) is 0 Å². The van der Waals surface area contributed by atoms with Crippen LogP contribution < -0.4 is 0 Å². The zero-order valence-corrected chi connectivity index (χ0v) is 25.3. The molecule has 4 nitrogen and oxygen atoms in total. The van der Waals surface area contributed by atoms with Crippen LogP contribution in [-0.2, 0) is 30.3 Å². The summed E-state index contributed by atoms with van der Waals surface area (Å²) >= 11 is 0. The number of aryl methyl sites for hydroxylation is 1. The summed E-state index contributed by atoms with van der Waals surface area (Å²) in [6.07, 6.45) is 9.84. The standard InChI is InChI=1S/C22H17N2.C11H19NO.Ir/c1-13-10-16-8-9-23-20-17-11-14-6-4-5-7-15(14)12-18(17)22(2,3)21(24-13)19(16)20;1-9(8-10(2)13)12-11-6-4-3-5-7-11;/h4-10,12H,1-3H3;8,11H,3-7H2,1-2H3,(H,12,13);/q-1;;/p-1. The second-order valence-corrected chi connectivity index (χ2v) is 11.0. The van der Waals surface area contributed by atoms with Crippen LogP contribution in [0.2, 0.25) is 0 Å². The zero-order valence-electron chi connectivity index (χ0n) is 22.9. The third kappa shape index (κ3) is 5.60. The van der Waals surface area contributed by atoms with E-state index in [-0.39, 0.29) is 31.3 Å². The molecule has 1 fully saturated rings. The van der Waals surface area contributed by atoms with E-state index < -0.39 is 0 Å². The van der Waals surface area contributed by atoms with E-state index in [9.17, 15) is 4.79 Å². The number of nitrogens with zero attached hydrogens (tertiary/aromatic N) is 3. The van der Waals surface area contributed by atoms with Gasteiger partial charge < -0.3 is 5.32 Å². The molecule has 38 heavy (non-hydrogen) atoms. The molecule has 2 aliphatic carbocycles. The van der Waals surface area contributed by atoms with Gasteiger partial charge in [-0.05, 0) is 42.8 Å². The van der Waals surface area contributed by atoms with Crippen LogP contribution in [0, 0.1) is 13.0 Å². The molecule has 5 heteroatoms. The van der Waals surface area contributed by atoms with Gasteiger partial charge in [-0.25, -0.2) is 0 Å². The number of ketones is 1. The summed E-state index contributed by atoms with van der Waals surface area (Å²) in [4.78, 5) is 20.4. The molecule has 2 heterocycles. The normalized spacial score (nSPS) is 16.2. The predicted octanol–water partition coefficient (Wildman–Crippen LogP) is 8.38. The Bertz CT molecular complexity index is 1520. The maximum atomic E-state index is 10.8. The van der Waals surface area contributed by atoms with E-state index in [4.69, 9.17) is 9.97 Å². The van der Waals surface area contributed by atoms with E-state index in [1.165, 1.54) is 53.8 Å². The van der Waals surface area contributed by atoms with Gasteiger partial charge in [0, 0.05) is 48.8 Å². The molecule has 199 valence electrons. The van der Waals surface area contributed by atoms with Crippen molar-refractivity contribution in [2.75, 3.05) is 0 Å². The molecule has 0 amide bonds. The van der Waals surface area contributed by atoms with Gasteiger partial charge in [0.1, 0.15) is 0 Å². The number of aromatic nitrogens is 2. The van der Waals surface area contributed by atoms with Crippen LogP contribution in [0.15, 0.2) is 60.4 Å². The van der Waals surface area contributed by atoms with Gasteiger partial charge in [-0.15, -0.1) is 29.6 Å². The molecule has 2 aliphatic rings. The largest absolute Gasteiger partial charge is 0.685 e. The van der Waals surface area contributed by atoms with Crippen LogP contribution in [0.4, 0.5) is 0 Å². The van der Waals surface area contributed by atoms with Gasteiger partial charge in [-0.3, -0.25) is 14.8 Å². The molecular formula is C33H35IrN3O-2. The molecule has 0 N–H and O–H groups in total. The number of pyridine rings is 2. The molecule has 0 atom stereocenters. The van der Waals surface area contributed by atoms with Crippen molar-refractivity contribution in [1.82, 2.24) is 9.97 Å². The number of rotatable bonds is 3. The quantitative estimate of drug-likeness (QED) is 0.161. The Hall–Kier alpha value is -2.88. The van der Waals surface area contributed by atoms with Crippen molar-refractivity contribution in [2.24, 2.45) is 0 Å². The van der Waals surface area contributed by atoms with Crippen LogP contribution >= 0.6 is 0 Å². The molecule has 2 aromatic carbocycles. The Balaban J connectivity index is 0.000000207. The first kappa shape index (κ1) is 28.1. The minimum absolute atomic E-state index is 0. The van der Waals surface area contributed by atoms with Crippen LogP contribution in [0.5, 0.6) is 0 Å². The van der Waals surface area contributed by atoms with Crippen LogP contribution in [0.25, 0.3) is 38.1 Å². The summed E-state index contributed by atoms with van der Waals surface area (Å²) in [5.74, 6) is 0.0945. The van der Waals surface area contributed by atoms with Crippen LogP contribution in [0.3, 0.4) is 0 Å². The van der Waals surface area contributed by atoms with Crippen LogP contribution in [-0.4, -0.2) is 21.8 Å². The number of allylic oxidation sites excluding steroid dienone is 2. The van der Waals surface area contributed by atoms with Gasteiger partial charge in [-0.2, -0.15) is 5.70 Å². The Labute approximate surface area is 239 Å². The maximum absolute atomic E-state index is 10.8. The van der Waals surface area contributed by atoms with E-state index in [2.05, 4.69) is 74.6 Å². The number of fused-ring (bicyclic) bond motifs is 3. The smallest absolute Gasteiger partial charge is 0.151 e. The molecule has 1 radical (unpaired) electrons. The molecule has 2 aromatic heterocycles. The number of carbonyl (C=O) groups is 1. The Kier molecular flexibility index (Phi) is 8.49. The van der Waals surface area contributed by atoms with E-state index in [1.807, 2.05) is 13.1 Å². The van der Waals surface area contributed by atoms with Gasteiger partial charge in [0.25, 0.3) is 0 Å². The minimum Gasteiger partial charge on any atom is -0.685 e. The summed E-state index contributed by atoms with van der Waals surface area (Å²) in [5, 5.41) is 9.25. The molecule has 4 aromatic rings. The molecule has 0 spiro atoms. The Morgan fingerprint density at radius 2 is 1.79 bits per heavy atom. The molecule has 0 unspecified atom stereocenters. The number of hydrogen-bond donors (Lipinski definition) is 0. The first-order valence-electron chi connectivity index (χ1n) is 13.4. The van der Waals surface area contributed by atoms with E-state index in [0.29, 0.717) is 6.04 Å². The SMILES string of the molecule is CC(=O)/C=C(/C)[N-]C1CCCCC1.Cc1cc2ccnc3c2c(n1)C(C)(C)c1cc2ccccc2[c-]c1-3.[Ir]. The molecular weight excluding hydrogens is 647 g/mol. The maximum Gasteiger partial charge on any atom is 0.151 e. The van der Waals surface area contributed by atoms with Crippen molar-refractivity contribution in [2.45, 2.75) is 78.2 Å². The first-order valence-corrected chi connectivity index (χ1v) is 13.4. The van der Waals surface area contributed by atoms with Crippen molar-refractivity contribution in [3.05, 3.63) is 88.8 Å². The van der Waals surface area contributed by atoms with E-state index in [0.717, 1.165) is 33.7 Å². The fraction of sp³-hybridized carbons (Fsp3) is 0.364. The zero-order chi connectivity index (χ0) is 26.2. The van der Waals surface area contributed by atoms with Gasteiger partial charge >= 0.3 is 0 Å². The third-order valence-corrected chi connectivity index (χ3v) is 7.54. The average molecular weight is 682 g/mol. The Morgan fingerprint density at radius 1 is 1.05 bits per heavy atom. The second-order valence-electron chi connectivity index (χ2n) is 11.0. The van der Waals surface area contributed by atoms with Crippen molar-refractivity contribution in [3.8, 4) is 11.3 Å². The van der Waals surface area contributed by atoms with Crippen LogP contribution in [0.1, 0.15) is 76.8 Å². The third-order valence-electron chi connectivity index (χ3n) is 7.54. The van der Waals surface area contributed by atoms with Crippen molar-refractivity contribution < 1.29 is 24.9 Å². The van der Waals surface area contributed by atoms with Gasteiger partial charge in [0.05, 0.1) is 0 Å². The first-order chi connectivity index (χ1) is 17.7. The summed E-state index contributed by atoms with van der Waals surface area (Å²) in [6.45, 7) is 10.1. The summed E-state index contributed by atoms with van der Waals surface area (Å²) < 4.78 is 0. The monoisotopic (exact) mass is 682 g/mol. The minimum atomic E-state index is -0.170. The summed E-state index contributed by atoms with van der Waals surface area (Å²) in [7, 11) is 0. The fourth-order valence-corrected chi connectivity index (χ4v) is 5.78. The fourth-order valence-electron chi connectivity index (χ4n) is 5.78. The van der Waals surface area contributed by atoms with Gasteiger partial charge in [0.15, 0.2) is 5.78 Å². The van der Waals surface area contributed by atoms with Crippen molar-refractivity contribution >= 4 is 27.3 Å².